The predicted octanol–water partition coefficient (Wildman–Crippen LogP) is 3.39. The topological polar surface area (TPSA) is 132 Å². The lowest BCUT2D eigenvalue weighted by molar-refractivity contribution is -0.155. The van der Waals surface area contributed by atoms with Crippen molar-refractivity contribution in [2.24, 2.45) is 0 Å². The van der Waals surface area contributed by atoms with Crippen LogP contribution in [0.1, 0.15) is 56.9 Å². The molecule has 2 fully saturated rings. The number of hydrogen-bond donors (Lipinski definition) is 2. The zero-order valence-corrected chi connectivity index (χ0v) is 24.0. The Kier molecular flexibility index (Phi) is 9.46. The van der Waals surface area contributed by atoms with Crippen molar-refractivity contribution >= 4 is 29.6 Å². The maximum absolute atomic E-state index is 13.6. The number of aromatic nitrogens is 1. The number of benzene rings is 1. The number of esters is 1. The van der Waals surface area contributed by atoms with Gasteiger partial charge in [0.15, 0.2) is 0 Å². The number of piperazine rings is 1. The summed E-state index contributed by atoms with van der Waals surface area (Å²) in [6.07, 6.45) is 1.07. The fourth-order valence-electron chi connectivity index (χ4n) is 5.03. The molecule has 11 nitrogen and oxygen atoms in total. The summed E-state index contributed by atoms with van der Waals surface area (Å²) in [6, 6.07) is 12.3. The van der Waals surface area contributed by atoms with Crippen molar-refractivity contribution in [3.05, 3.63) is 48.2 Å². The second-order valence-electron chi connectivity index (χ2n) is 11.4. The van der Waals surface area contributed by atoms with Gasteiger partial charge >= 0.3 is 12.1 Å². The van der Waals surface area contributed by atoms with E-state index in [1.54, 1.807) is 26.8 Å². The van der Waals surface area contributed by atoms with E-state index in [2.05, 4.69) is 15.2 Å². The quantitative estimate of drug-likeness (QED) is 0.466. The Bertz CT molecular complexity index is 1250. The molecule has 0 unspecified atom stereocenters. The molecule has 4 rings (SSSR count). The monoisotopic (exact) mass is 565 g/mol. The highest BCUT2D eigenvalue weighted by Crippen LogP contribution is 2.27. The molecule has 0 radical (unpaired) electrons. The Balaban J connectivity index is 1.57. The second-order valence-corrected chi connectivity index (χ2v) is 11.4. The van der Waals surface area contributed by atoms with Crippen LogP contribution in [-0.2, 0) is 14.3 Å². The van der Waals surface area contributed by atoms with Gasteiger partial charge in [-0.05, 0) is 52.2 Å². The third kappa shape index (κ3) is 8.18. The molecule has 1 aromatic carbocycles. The highest BCUT2D eigenvalue weighted by atomic mass is 16.6. The van der Waals surface area contributed by atoms with E-state index in [0.717, 1.165) is 37.2 Å². The number of carbonyl (C=O) groups is 4. The number of nitrogens with one attached hydrogen (secondary N) is 1. The smallest absolute Gasteiger partial charge is 0.407 e. The van der Waals surface area contributed by atoms with Crippen molar-refractivity contribution in [3.63, 3.8) is 0 Å². The predicted molar refractivity (Wildman–Crippen MR) is 154 cm³/mol. The van der Waals surface area contributed by atoms with E-state index in [-0.39, 0.29) is 50.6 Å². The average Bonchev–Trinajstić information content (AvgIpc) is 3.49. The molecule has 3 heterocycles. The first-order valence-electron chi connectivity index (χ1n) is 14.1. The van der Waals surface area contributed by atoms with Crippen molar-refractivity contribution in [2.45, 2.75) is 58.1 Å². The largest absolute Gasteiger partial charge is 0.465 e. The Morgan fingerprint density at radius 3 is 2.20 bits per heavy atom. The number of hydrogen-bond acceptors (Lipinski definition) is 7. The molecule has 41 heavy (non-hydrogen) atoms. The van der Waals surface area contributed by atoms with E-state index < -0.39 is 29.6 Å². The number of amides is 3. The number of carboxylic acid groups (broad SMARTS) is 1. The summed E-state index contributed by atoms with van der Waals surface area (Å²) in [7, 11) is 0. The third-order valence-electron chi connectivity index (χ3n) is 7.11. The van der Waals surface area contributed by atoms with Crippen molar-refractivity contribution in [1.82, 2.24) is 20.1 Å². The lowest BCUT2D eigenvalue weighted by Gasteiger charge is -2.35. The summed E-state index contributed by atoms with van der Waals surface area (Å²) in [6.45, 7) is 7.82. The maximum atomic E-state index is 13.6. The molecule has 1 aromatic heterocycles. The first-order valence-corrected chi connectivity index (χ1v) is 14.1. The molecule has 0 aliphatic carbocycles. The molecule has 2 aromatic rings. The molecular formula is C30H39N5O6. The van der Waals surface area contributed by atoms with Crippen LogP contribution in [0, 0.1) is 0 Å². The van der Waals surface area contributed by atoms with E-state index >= 15 is 0 Å². The molecule has 220 valence electrons. The van der Waals surface area contributed by atoms with Crippen LogP contribution in [0.25, 0.3) is 11.3 Å². The Hall–Kier alpha value is -4.15. The molecule has 2 N–H and O–H groups in total. The van der Waals surface area contributed by atoms with Gasteiger partial charge in [-0.25, -0.2) is 9.78 Å². The minimum Gasteiger partial charge on any atom is -0.465 e. The lowest BCUT2D eigenvalue weighted by Crippen LogP contribution is -2.55. The summed E-state index contributed by atoms with van der Waals surface area (Å²) in [4.78, 5) is 60.6. The number of pyridine rings is 1. The fraction of sp³-hybridized carbons (Fsp3) is 0.500. The van der Waals surface area contributed by atoms with Crippen molar-refractivity contribution < 1.29 is 29.0 Å². The third-order valence-corrected chi connectivity index (χ3v) is 7.11. The van der Waals surface area contributed by atoms with Crippen LogP contribution in [0.3, 0.4) is 0 Å². The number of anilines is 1. The molecule has 3 amide bonds. The second kappa shape index (κ2) is 13.0. The average molecular weight is 566 g/mol. The van der Waals surface area contributed by atoms with Crippen LogP contribution < -0.4 is 10.2 Å². The van der Waals surface area contributed by atoms with Crippen molar-refractivity contribution in [1.29, 1.82) is 0 Å². The van der Waals surface area contributed by atoms with E-state index in [9.17, 15) is 24.3 Å². The minimum atomic E-state index is -1.04. The van der Waals surface area contributed by atoms with Crippen LogP contribution in [0.5, 0.6) is 0 Å². The maximum Gasteiger partial charge on any atom is 0.407 e. The first-order chi connectivity index (χ1) is 19.5. The van der Waals surface area contributed by atoms with Gasteiger partial charge in [-0.2, -0.15) is 0 Å². The molecule has 11 heteroatoms. The summed E-state index contributed by atoms with van der Waals surface area (Å²) in [5.41, 5.74) is 1.92. The minimum absolute atomic E-state index is 0.0377. The standard InChI is InChI=1S/C30H39N5O6/c1-30(2,3)41-26(36)12-11-23(28(38)34-15-17-35(18-16-34)29(39)40)32-27(37)25-20-22(33-13-7-8-14-33)19-24(31-25)21-9-5-4-6-10-21/h4-6,9-10,19-20,23H,7-8,11-18H2,1-3H3,(H,32,37)(H,39,40)/t23-/m0/s1. The van der Waals surface area contributed by atoms with Gasteiger partial charge in [-0.3, -0.25) is 14.4 Å². The van der Waals surface area contributed by atoms with E-state index in [4.69, 9.17) is 4.74 Å². The van der Waals surface area contributed by atoms with Crippen molar-refractivity contribution in [3.8, 4) is 11.3 Å². The van der Waals surface area contributed by atoms with Gasteiger partial charge < -0.3 is 29.9 Å². The summed E-state index contributed by atoms with van der Waals surface area (Å²) in [5, 5.41) is 12.1. The summed E-state index contributed by atoms with van der Waals surface area (Å²) < 4.78 is 5.41. The molecule has 0 spiro atoms. The molecule has 0 saturated carbocycles. The number of carbonyl (C=O) groups excluding carboxylic acids is 3. The number of ether oxygens (including phenoxy) is 1. The molecule has 1 atom stereocenters. The van der Waals surface area contributed by atoms with Crippen LogP contribution in [0.15, 0.2) is 42.5 Å². The van der Waals surface area contributed by atoms with Crippen LogP contribution in [-0.4, -0.2) is 94.7 Å². The van der Waals surface area contributed by atoms with Gasteiger partial charge in [0, 0.05) is 56.9 Å². The molecule has 2 aliphatic rings. The molecule has 0 bridgehead atoms. The van der Waals surface area contributed by atoms with E-state index in [1.807, 2.05) is 36.4 Å². The van der Waals surface area contributed by atoms with Crippen LogP contribution in [0.4, 0.5) is 10.5 Å². The van der Waals surface area contributed by atoms with Crippen LogP contribution in [0.2, 0.25) is 0 Å². The van der Waals surface area contributed by atoms with Gasteiger partial charge in [-0.15, -0.1) is 0 Å². The van der Waals surface area contributed by atoms with Gasteiger partial charge in [0.25, 0.3) is 5.91 Å². The molecule has 2 aliphatic heterocycles. The number of nitrogens with zero attached hydrogens (tertiary/aromatic N) is 4. The Morgan fingerprint density at radius 1 is 0.951 bits per heavy atom. The Morgan fingerprint density at radius 2 is 1.59 bits per heavy atom. The normalized spacial score (nSPS) is 16.3. The lowest BCUT2D eigenvalue weighted by atomic mass is 10.1. The van der Waals surface area contributed by atoms with E-state index in [0.29, 0.717) is 5.69 Å². The number of rotatable bonds is 8. The van der Waals surface area contributed by atoms with Gasteiger partial charge in [0.2, 0.25) is 5.91 Å². The van der Waals surface area contributed by atoms with Crippen molar-refractivity contribution in [2.75, 3.05) is 44.2 Å². The SMILES string of the molecule is CC(C)(C)OC(=O)CC[C@H](NC(=O)c1cc(N2CCCC2)cc(-c2ccccc2)n1)C(=O)N1CCN(C(=O)O)CC1. The summed E-state index contributed by atoms with van der Waals surface area (Å²) >= 11 is 0. The van der Waals surface area contributed by atoms with Gasteiger partial charge in [-0.1, -0.05) is 30.3 Å². The van der Waals surface area contributed by atoms with E-state index in [1.165, 1.54) is 9.80 Å². The molecular weight excluding hydrogens is 526 g/mol. The van der Waals surface area contributed by atoms with Crippen LogP contribution >= 0.6 is 0 Å². The fourth-order valence-corrected chi connectivity index (χ4v) is 5.03. The van der Waals surface area contributed by atoms with Gasteiger partial charge in [0.1, 0.15) is 17.3 Å². The highest BCUT2D eigenvalue weighted by Gasteiger charge is 2.31. The first kappa shape index (κ1) is 29.8. The zero-order chi connectivity index (χ0) is 29.6. The zero-order valence-electron chi connectivity index (χ0n) is 24.0. The summed E-state index contributed by atoms with van der Waals surface area (Å²) in [5.74, 6) is -1.36. The Labute approximate surface area is 240 Å². The highest BCUT2D eigenvalue weighted by molar-refractivity contribution is 5.97. The molecule has 2 saturated heterocycles. The van der Waals surface area contributed by atoms with Gasteiger partial charge in [0.05, 0.1) is 5.69 Å².